The minimum atomic E-state index is -1.08. The van der Waals surface area contributed by atoms with E-state index < -0.39 is 24.6 Å². The Bertz CT molecular complexity index is 1450. The van der Waals surface area contributed by atoms with E-state index in [1.54, 1.807) is 44.2 Å². The van der Waals surface area contributed by atoms with Gasteiger partial charge in [0.15, 0.2) is 11.4 Å². The van der Waals surface area contributed by atoms with Crippen LogP contribution in [-0.4, -0.2) is 34.8 Å². The molecule has 4 rings (SSSR count). The molecule has 0 amide bonds. The molecule has 1 N–H and O–H groups in total. The van der Waals surface area contributed by atoms with Gasteiger partial charge in [-0.2, -0.15) is 0 Å². The molecule has 0 aliphatic carbocycles. The maximum absolute atomic E-state index is 13.5. The predicted molar refractivity (Wildman–Crippen MR) is 126 cm³/mol. The Morgan fingerprint density at radius 2 is 1.94 bits per heavy atom. The van der Waals surface area contributed by atoms with E-state index in [-0.39, 0.29) is 12.2 Å². The molecule has 0 bridgehead atoms. The van der Waals surface area contributed by atoms with E-state index in [4.69, 9.17) is 14.6 Å². The molecule has 8 nitrogen and oxygen atoms in total. The van der Waals surface area contributed by atoms with Gasteiger partial charge in [0.05, 0.1) is 28.5 Å². The van der Waals surface area contributed by atoms with Gasteiger partial charge in [0.25, 0.3) is 5.56 Å². The quantitative estimate of drug-likeness (QED) is 0.522. The molecule has 0 saturated carbocycles. The van der Waals surface area contributed by atoms with Crippen LogP contribution in [0.2, 0.25) is 0 Å². The Morgan fingerprint density at radius 1 is 1.18 bits per heavy atom. The minimum Gasteiger partial charge on any atom is -0.482 e. The van der Waals surface area contributed by atoms with Crippen molar-refractivity contribution in [1.29, 1.82) is 0 Å². The van der Waals surface area contributed by atoms with Crippen LogP contribution in [0.4, 0.5) is 0 Å². The Hall–Kier alpha value is -3.98. The first-order valence-corrected chi connectivity index (χ1v) is 11.4. The summed E-state index contributed by atoms with van der Waals surface area (Å²) in [7, 11) is 0. The Balaban J connectivity index is 1.84. The summed E-state index contributed by atoms with van der Waals surface area (Å²) >= 11 is 1.22. The largest absolute Gasteiger partial charge is 0.482 e. The van der Waals surface area contributed by atoms with Crippen LogP contribution < -0.4 is 19.6 Å². The van der Waals surface area contributed by atoms with Gasteiger partial charge in [0, 0.05) is 0 Å². The number of carboxylic acids is 1. The predicted octanol–water partition coefficient (Wildman–Crippen LogP) is 2.26. The molecule has 1 atom stereocenters. The van der Waals surface area contributed by atoms with Crippen molar-refractivity contribution in [2.75, 3.05) is 13.2 Å². The molecule has 0 fully saturated rings. The van der Waals surface area contributed by atoms with Crippen molar-refractivity contribution in [3.05, 3.63) is 96.7 Å². The number of aliphatic carboxylic acids is 1. The summed E-state index contributed by atoms with van der Waals surface area (Å²) in [5, 5.41) is 8.82. The van der Waals surface area contributed by atoms with Crippen LogP contribution in [0.15, 0.2) is 75.7 Å². The standard InChI is InChI=1S/C25H22N2O6S/c1-3-32-24(31)21-15(2)26-25-27(22(21)17-9-5-4-6-10-17)23(30)19(34-25)13-16-8-7-11-18(12-16)33-14-20(28)29/h4-13,22H,3,14H2,1-2H3,(H,28,29)/b19-13-/t22-/m0/s1. The van der Waals surface area contributed by atoms with Crippen LogP contribution in [0.5, 0.6) is 5.75 Å². The Morgan fingerprint density at radius 3 is 2.65 bits per heavy atom. The highest BCUT2D eigenvalue weighted by Crippen LogP contribution is 2.30. The first kappa shape index (κ1) is 23.2. The highest BCUT2D eigenvalue weighted by atomic mass is 32.1. The third kappa shape index (κ3) is 4.69. The maximum Gasteiger partial charge on any atom is 0.341 e. The molecule has 34 heavy (non-hydrogen) atoms. The van der Waals surface area contributed by atoms with Crippen molar-refractivity contribution >= 4 is 29.4 Å². The number of rotatable bonds is 7. The second kappa shape index (κ2) is 9.88. The second-order valence-electron chi connectivity index (χ2n) is 7.47. The number of ether oxygens (including phenoxy) is 2. The highest BCUT2D eigenvalue weighted by molar-refractivity contribution is 7.07. The molecule has 0 saturated heterocycles. The topological polar surface area (TPSA) is 107 Å². The van der Waals surface area contributed by atoms with Crippen LogP contribution in [0.3, 0.4) is 0 Å². The minimum absolute atomic E-state index is 0.210. The number of carbonyl (C=O) groups is 2. The number of allylic oxidation sites excluding steroid dienone is 1. The molecule has 0 spiro atoms. The summed E-state index contributed by atoms with van der Waals surface area (Å²) in [6.07, 6.45) is 1.70. The number of benzene rings is 2. The lowest BCUT2D eigenvalue weighted by Gasteiger charge is -2.24. The van der Waals surface area contributed by atoms with E-state index in [0.29, 0.717) is 31.9 Å². The van der Waals surface area contributed by atoms with Gasteiger partial charge in [-0.1, -0.05) is 53.8 Å². The van der Waals surface area contributed by atoms with Crippen LogP contribution in [0, 0.1) is 0 Å². The third-order valence-electron chi connectivity index (χ3n) is 5.15. The summed E-state index contributed by atoms with van der Waals surface area (Å²) in [5.41, 5.74) is 1.99. The van der Waals surface area contributed by atoms with Gasteiger partial charge < -0.3 is 14.6 Å². The molecule has 3 aromatic rings. The van der Waals surface area contributed by atoms with E-state index in [9.17, 15) is 14.4 Å². The van der Waals surface area contributed by atoms with Crippen LogP contribution in [0.25, 0.3) is 6.08 Å². The summed E-state index contributed by atoms with van der Waals surface area (Å²) in [6, 6.07) is 15.4. The van der Waals surface area contributed by atoms with E-state index in [1.807, 2.05) is 30.3 Å². The molecule has 2 aromatic carbocycles. The zero-order valence-corrected chi connectivity index (χ0v) is 19.4. The fraction of sp³-hybridized carbons (Fsp3) is 0.200. The second-order valence-corrected chi connectivity index (χ2v) is 8.48. The van der Waals surface area contributed by atoms with Crippen molar-refractivity contribution in [2.24, 2.45) is 4.99 Å². The van der Waals surface area contributed by atoms with Gasteiger partial charge in [-0.25, -0.2) is 14.6 Å². The van der Waals surface area contributed by atoms with E-state index in [2.05, 4.69) is 4.99 Å². The fourth-order valence-electron chi connectivity index (χ4n) is 3.73. The van der Waals surface area contributed by atoms with Crippen molar-refractivity contribution in [1.82, 2.24) is 4.57 Å². The lowest BCUT2D eigenvalue weighted by atomic mass is 9.96. The normalized spacial score (nSPS) is 15.5. The number of fused-ring (bicyclic) bond motifs is 1. The van der Waals surface area contributed by atoms with E-state index >= 15 is 0 Å². The summed E-state index contributed by atoms with van der Waals surface area (Å²) in [4.78, 5) is 42.2. The SMILES string of the molecule is CCOC(=O)C1=C(C)N=c2s/c(=C\c3cccc(OCC(=O)O)c3)c(=O)n2[C@H]1c1ccccc1. The number of carbonyl (C=O) groups excluding carboxylic acids is 1. The van der Waals surface area contributed by atoms with Gasteiger partial charge >= 0.3 is 11.9 Å². The zero-order valence-electron chi connectivity index (χ0n) is 18.6. The highest BCUT2D eigenvalue weighted by Gasteiger charge is 2.33. The Kier molecular flexibility index (Phi) is 6.74. The smallest absolute Gasteiger partial charge is 0.341 e. The molecule has 0 radical (unpaired) electrons. The number of hydrogen-bond acceptors (Lipinski definition) is 7. The van der Waals surface area contributed by atoms with Gasteiger partial charge in [0.1, 0.15) is 5.75 Å². The molecule has 0 unspecified atom stereocenters. The van der Waals surface area contributed by atoms with E-state index in [0.717, 1.165) is 5.56 Å². The average molecular weight is 479 g/mol. The molecule has 1 aliphatic heterocycles. The van der Waals surface area contributed by atoms with Crippen LogP contribution in [-0.2, 0) is 14.3 Å². The monoisotopic (exact) mass is 478 g/mol. The number of thiazole rings is 1. The van der Waals surface area contributed by atoms with Crippen molar-refractivity contribution in [3.8, 4) is 5.75 Å². The van der Waals surface area contributed by atoms with Crippen LogP contribution in [0.1, 0.15) is 31.0 Å². The van der Waals surface area contributed by atoms with Gasteiger partial charge in [-0.3, -0.25) is 9.36 Å². The molecule has 2 heterocycles. The van der Waals surface area contributed by atoms with Crippen LogP contribution >= 0.6 is 11.3 Å². The molecule has 174 valence electrons. The maximum atomic E-state index is 13.5. The number of nitrogens with zero attached hydrogens (tertiary/aromatic N) is 2. The Labute approximate surface area is 198 Å². The lowest BCUT2D eigenvalue weighted by molar-refractivity contribution is -0.140. The molecule has 1 aliphatic rings. The van der Waals surface area contributed by atoms with Gasteiger partial charge in [0.2, 0.25) is 0 Å². The van der Waals surface area contributed by atoms with E-state index in [1.165, 1.54) is 15.9 Å². The van der Waals surface area contributed by atoms with Gasteiger partial charge in [-0.15, -0.1) is 0 Å². The fourth-order valence-corrected chi connectivity index (χ4v) is 4.78. The third-order valence-corrected chi connectivity index (χ3v) is 6.13. The van der Waals surface area contributed by atoms with Crippen molar-refractivity contribution < 1.29 is 24.2 Å². The first-order valence-electron chi connectivity index (χ1n) is 10.6. The number of carboxylic acid groups (broad SMARTS) is 1. The van der Waals surface area contributed by atoms with Crippen molar-refractivity contribution in [3.63, 3.8) is 0 Å². The average Bonchev–Trinajstić information content (AvgIpc) is 3.12. The molecular weight excluding hydrogens is 456 g/mol. The summed E-state index contributed by atoms with van der Waals surface area (Å²) in [6.45, 7) is 3.22. The summed E-state index contributed by atoms with van der Waals surface area (Å²) in [5.74, 6) is -1.20. The molecular formula is C25H22N2O6S. The molecule has 1 aromatic heterocycles. The summed E-state index contributed by atoms with van der Waals surface area (Å²) < 4.78 is 12.5. The number of esters is 1. The zero-order chi connectivity index (χ0) is 24.2. The first-order chi connectivity index (χ1) is 16.4. The van der Waals surface area contributed by atoms with Crippen molar-refractivity contribution in [2.45, 2.75) is 19.9 Å². The number of aromatic nitrogens is 1. The molecule has 9 heteroatoms. The van der Waals surface area contributed by atoms with Gasteiger partial charge in [-0.05, 0) is 43.2 Å². The number of hydrogen-bond donors (Lipinski definition) is 1. The lowest BCUT2D eigenvalue weighted by Crippen LogP contribution is -2.39.